The standard InChI is InChI=1S/C32H40O9.C27H34N4O8/c1-24(2)31(34)40-20-10-8-6-5-7-9-19-38-27-15-13-26(14-16-27)32(35)41-28-17-11-25(23-29(28)37-4)12-18-30(33)39-22-21-36-3;1-20(2)25(33)38-17-9-7-5-4-6-8-16-36-22-12-10-21(11-13-22)26(34)39-27-30-28-23(29-31-27)14-15-24(32)37-19-18-35-3/h11-18,23H,1,5-10,19-22H2,2-4H3;10-15H,1,4-9,16-19H2,2-3H3/b18-12+;15-14+. The number of benzene rings is 3. The number of nitrogens with zero attached hydrogens (tertiary/aromatic N) is 4. The molecule has 0 aliphatic heterocycles. The SMILES string of the molecule is C=C(C)C(=O)OCCCCCCCCOc1ccc(C(=O)Oc2ccc(/C=C/C(=O)OCCOC)cc2OC)cc1.C=C(C)C(=O)OCCCCCCCCOc1ccc(C(=O)Oc2nnc(/C=C/C(=O)OCCOC)nn2)cc1. The first-order valence-electron chi connectivity index (χ1n) is 26.2. The molecule has 0 spiro atoms. The minimum absolute atomic E-state index is 0.0431. The molecule has 0 atom stereocenters. The van der Waals surface area contributed by atoms with Gasteiger partial charge in [-0.05, 0) is 118 Å². The van der Waals surface area contributed by atoms with E-state index in [1.807, 2.05) is 0 Å². The van der Waals surface area contributed by atoms with Gasteiger partial charge >= 0.3 is 41.8 Å². The van der Waals surface area contributed by atoms with Crippen molar-refractivity contribution < 1.29 is 80.9 Å². The molecule has 0 radical (unpaired) electrons. The van der Waals surface area contributed by atoms with Crippen LogP contribution in [0.25, 0.3) is 12.2 Å². The summed E-state index contributed by atoms with van der Waals surface area (Å²) in [4.78, 5) is 70.8. The van der Waals surface area contributed by atoms with E-state index in [4.69, 9.17) is 52.1 Å². The zero-order valence-electron chi connectivity index (χ0n) is 46.4. The van der Waals surface area contributed by atoms with Crippen molar-refractivity contribution in [2.24, 2.45) is 0 Å². The Kier molecular flexibility index (Phi) is 33.0. The summed E-state index contributed by atoms with van der Waals surface area (Å²) in [7, 11) is 4.49. The van der Waals surface area contributed by atoms with Gasteiger partial charge in [0, 0.05) is 37.5 Å². The highest BCUT2D eigenvalue weighted by molar-refractivity contribution is 5.92. The monoisotopic (exact) mass is 1110 g/mol. The summed E-state index contributed by atoms with van der Waals surface area (Å²) >= 11 is 0. The molecule has 21 nitrogen and oxygen atoms in total. The highest BCUT2D eigenvalue weighted by atomic mass is 16.6. The van der Waals surface area contributed by atoms with Crippen LogP contribution < -0.4 is 23.7 Å². The quantitative estimate of drug-likeness (QED) is 0.0134. The number of methoxy groups -OCH3 is 3. The fraction of sp³-hybridized carbons (Fsp3) is 0.424. The minimum atomic E-state index is -0.676. The number of carbonyl (C=O) groups excluding carboxylic acids is 6. The lowest BCUT2D eigenvalue weighted by molar-refractivity contribution is -0.139. The van der Waals surface area contributed by atoms with E-state index < -0.39 is 23.9 Å². The van der Waals surface area contributed by atoms with Crippen LogP contribution in [-0.4, -0.2) is 130 Å². The summed E-state index contributed by atoms with van der Waals surface area (Å²) in [5.74, 6) is -0.995. The Morgan fingerprint density at radius 1 is 0.450 bits per heavy atom. The lowest BCUT2D eigenvalue weighted by atomic mass is 10.1. The average molecular weight is 1110 g/mol. The largest absolute Gasteiger partial charge is 0.494 e. The molecule has 0 saturated carbocycles. The number of esters is 6. The second-order valence-electron chi connectivity index (χ2n) is 17.5. The van der Waals surface area contributed by atoms with E-state index >= 15 is 0 Å². The van der Waals surface area contributed by atoms with Gasteiger partial charge in [0.25, 0.3) is 0 Å². The number of aromatic nitrogens is 4. The third-order valence-corrected chi connectivity index (χ3v) is 10.9. The van der Waals surface area contributed by atoms with Crippen LogP contribution >= 0.6 is 0 Å². The van der Waals surface area contributed by atoms with Gasteiger partial charge in [-0.3, -0.25) is 0 Å². The van der Waals surface area contributed by atoms with E-state index in [2.05, 4.69) is 33.6 Å². The maximum Gasteiger partial charge on any atom is 0.363 e. The van der Waals surface area contributed by atoms with Gasteiger partial charge < -0.3 is 52.1 Å². The molecule has 0 bridgehead atoms. The first-order chi connectivity index (χ1) is 38.7. The molecule has 0 unspecified atom stereocenters. The van der Waals surface area contributed by atoms with Crippen molar-refractivity contribution in [1.82, 2.24) is 20.4 Å². The lowest BCUT2D eigenvalue weighted by Gasteiger charge is -2.11. The normalized spacial score (nSPS) is 10.7. The van der Waals surface area contributed by atoms with E-state index in [9.17, 15) is 28.8 Å². The molecule has 0 aliphatic carbocycles. The van der Waals surface area contributed by atoms with Gasteiger partial charge in [0.15, 0.2) is 17.3 Å². The zero-order chi connectivity index (χ0) is 58.2. The smallest absolute Gasteiger partial charge is 0.363 e. The number of rotatable bonds is 37. The Bertz CT molecular complexity index is 2600. The van der Waals surface area contributed by atoms with Gasteiger partial charge in [-0.25, -0.2) is 28.8 Å². The molecule has 1 heterocycles. The van der Waals surface area contributed by atoms with Crippen LogP contribution in [0.3, 0.4) is 0 Å². The second-order valence-corrected chi connectivity index (χ2v) is 17.5. The molecule has 0 aliphatic rings. The Hall–Kier alpha value is -8.30. The van der Waals surface area contributed by atoms with Crippen molar-refractivity contribution in [2.75, 3.05) is 74.2 Å². The van der Waals surface area contributed by atoms with Crippen molar-refractivity contribution in [3.63, 3.8) is 0 Å². The maximum absolute atomic E-state index is 12.7. The lowest BCUT2D eigenvalue weighted by Crippen LogP contribution is -2.12. The van der Waals surface area contributed by atoms with Crippen molar-refractivity contribution in [3.8, 4) is 29.0 Å². The van der Waals surface area contributed by atoms with Crippen LogP contribution in [0, 0.1) is 0 Å². The molecule has 0 saturated heterocycles. The molecule has 80 heavy (non-hydrogen) atoms. The van der Waals surface area contributed by atoms with Crippen molar-refractivity contribution >= 4 is 48.0 Å². The van der Waals surface area contributed by atoms with Crippen LogP contribution in [0.2, 0.25) is 0 Å². The summed E-state index contributed by atoms with van der Waals surface area (Å²) in [5, 5.41) is 14.8. The number of hydrogen-bond acceptors (Lipinski definition) is 21. The molecule has 0 amide bonds. The van der Waals surface area contributed by atoms with Gasteiger partial charge in [0.1, 0.15) is 24.7 Å². The third kappa shape index (κ3) is 28.9. The van der Waals surface area contributed by atoms with Crippen molar-refractivity contribution in [1.29, 1.82) is 0 Å². The maximum atomic E-state index is 12.7. The highest BCUT2D eigenvalue weighted by Gasteiger charge is 2.15. The number of carbonyl (C=O) groups is 6. The number of ether oxygens (including phenoxy) is 11. The third-order valence-electron chi connectivity index (χ3n) is 10.9. The summed E-state index contributed by atoms with van der Waals surface area (Å²) in [5.41, 5.74) is 2.17. The average Bonchev–Trinajstić information content (AvgIpc) is 3.46. The van der Waals surface area contributed by atoms with Gasteiger partial charge in [-0.15, -0.1) is 10.2 Å². The Labute approximate surface area is 467 Å². The summed E-state index contributed by atoms with van der Waals surface area (Å²) in [6, 6.07) is 17.9. The van der Waals surface area contributed by atoms with E-state index in [1.54, 1.807) is 86.7 Å². The summed E-state index contributed by atoms with van der Waals surface area (Å²) in [6.07, 6.45) is 17.2. The van der Waals surface area contributed by atoms with Crippen molar-refractivity contribution in [3.05, 3.63) is 126 Å². The molecule has 3 aromatic carbocycles. The first-order valence-corrected chi connectivity index (χ1v) is 26.2. The van der Waals surface area contributed by atoms with Crippen LogP contribution in [0.5, 0.6) is 29.0 Å². The molecule has 4 rings (SSSR count). The fourth-order valence-electron chi connectivity index (χ4n) is 6.52. The second kappa shape index (κ2) is 40.0. The molecule has 1 aromatic heterocycles. The molecule has 0 N–H and O–H groups in total. The van der Waals surface area contributed by atoms with Crippen LogP contribution in [0.1, 0.15) is 123 Å². The molecule has 21 heteroatoms. The van der Waals surface area contributed by atoms with Gasteiger partial charge in [-0.2, -0.15) is 0 Å². The molecular formula is C59H74N4O17. The topological polar surface area (TPSA) is 256 Å². The molecule has 0 fully saturated rings. The Balaban J connectivity index is 0.000000421. The zero-order valence-corrected chi connectivity index (χ0v) is 46.4. The van der Waals surface area contributed by atoms with Crippen LogP contribution in [0.4, 0.5) is 0 Å². The molecular weight excluding hydrogens is 1040 g/mol. The Morgan fingerprint density at radius 2 is 0.875 bits per heavy atom. The summed E-state index contributed by atoms with van der Waals surface area (Å²) < 4.78 is 57.1. The van der Waals surface area contributed by atoms with Gasteiger partial charge in [0.05, 0.1) is 57.9 Å². The molecule has 432 valence electrons. The van der Waals surface area contributed by atoms with E-state index in [1.165, 1.54) is 33.5 Å². The van der Waals surface area contributed by atoms with Crippen LogP contribution in [0.15, 0.2) is 103 Å². The minimum Gasteiger partial charge on any atom is -0.494 e. The number of unbranched alkanes of at least 4 members (excludes halogenated alkanes) is 10. The Morgan fingerprint density at radius 3 is 1.31 bits per heavy atom. The first kappa shape index (κ1) is 66.0. The number of hydrogen-bond donors (Lipinski definition) is 0. The fourth-order valence-corrected chi connectivity index (χ4v) is 6.52. The van der Waals surface area contributed by atoms with E-state index in [0.29, 0.717) is 72.6 Å². The van der Waals surface area contributed by atoms with E-state index in [-0.39, 0.29) is 54.9 Å². The van der Waals surface area contributed by atoms with Gasteiger partial charge in [0.2, 0.25) is 0 Å². The predicted octanol–water partition coefficient (Wildman–Crippen LogP) is 9.48. The van der Waals surface area contributed by atoms with Gasteiger partial charge in [-0.1, -0.05) is 80.8 Å². The summed E-state index contributed by atoms with van der Waals surface area (Å²) in [6.45, 7) is 13.3. The van der Waals surface area contributed by atoms with E-state index in [0.717, 1.165) is 83.1 Å². The van der Waals surface area contributed by atoms with Crippen molar-refractivity contribution in [2.45, 2.75) is 90.9 Å². The van der Waals surface area contributed by atoms with Crippen LogP contribution in [-0.2, 0) is 47.6 Å². The molecule has 4 aromatic rings. The highest BCUT2D eigenvalue weighted by Crippen LogP contribution is 2.30. The predicted molar refractivity (Wildman–Crippen MR) is 295 cm³/mol.